The minimum Gasteiger partial charge on any atom is -0.379 e. The maximum Gasteiger partial charge on any atom is 0.191 e. The van der Waals surface area contributed by atoms with Crippen molar-refractivity contribution >= 4 is 17.6 Å². The fourth-order valence-corrected chi connectivity index (χ4v) is 2.63. The van der Waals surface area contributed by atoms with Crippen molar-refractivity contribution in [2.24, 2.45) is 4.99 Å². The van der Waals surface area contributed by atoms with Gasteiger partial charge in [-0.2, -0.15) is 0 Å². The molecule has 2 rings (SSSR count). The van der Waals surface area contributed by atoms with Crippen LogP contribution in [0.15, 0.2) is 23.2 Å². The van der Waals surface area contributed by atoms with Crippen molar-refractivity contribution in [1.29, 1.82) is 0 Å². The highest BCUT2D eigenvalue weighted by Gasteiger charge is 2.14. The Kier molecular flexibility index (Phi) is 8.28. The summed E-state index contributed by atoms with van der Waals surface area (Å²) in [5.41, 5.74) is 0.893. The zero-order valence-corrected chi connectivity index (χ0v) is 14.7. The van der Waals surface area contributed by atoms with Crippen molar-refractivity contribution in [3.05, 3.63) is 34.6 Å². The molecule has 0 bridgehead atoms. The monoisotopic (exact) mass is 357 g/mol. The summed E-state index contributed by atoms with van der Waals surface area (Å²) in [5.74, 6) is 0.278. The van der Waals surface area contributed by atoms with Crippen LogP contribution in [0.3, 0.4) is 0 Å². The summed E-state index contributed by atoms with van der Waals surface area (Å²) in [7, 11) is 1.71. The first kappa shape index (κ1) is 19.0. The van der Waals surface area contributed by atoms with Crippen LogP contribution in [0.2, 0.25) is 5.02 Å². The average molecular weight is 358 g/mol. The van der Waals surface area contributed by atoms with E-state index in [4.69, 9.17) is 21.1 Å². The molecule has 1 fully saturated rings. The van der Waals surface area contributed by atoms with Crippen molar-refractivity contribution in [1.82, 2.24) is 10.6 Å². The summed E-state index contributed by atoms with van der Waals surface area (Å²) in [6, 6.07) is 4.66. The molecule has 2 N–H and O–H groups in total. The second kappa shape index (κ2) is 10.5. The molecule has 1 atom stereocenters. The lowest BCUT2D eigenvalue weighted by atomic mass is 10.2. The van der Waals surface area contributed by atoms with E-state index in [1.54, 1.807) is 19.2 Å². The zero-order valence-electron chi connectivity index (χ0n) is 14.0. The summed E-state index contributed by atoms with van der Waals surface area (Å²) < 4.78 is 24.2. The van der Waals surface area contributed by atoms with Crippen molar-refractivity contribution in [2.45, 2.75) is 31.9 Å². The van der Waals surface area contributed by atoms with Gasteiger partial charge in [-0.3, -0.25) is 4.99 Å². The number of hydrogen-bond acceptors (Lipinski definition) is 3. The van der Waals surface area contributed by atoms with Crippen LogP contribution in [0.25, 0.3) is 0 Å². The highest BCUT2D eigenvalue weighted by Crippen LogP contribution is 2.15. The number of benzene rings is 1. The lowest BCUT2D eigenvalue weighted by Gasteiger charge is -2.13. The predicted molar refractivity (Wildman–Crippen MR) is 94.0 cm³/mol. The number of rotatable bonds is 8. The highest BCUT2D eigenvalue weighted by atomic mass is 35.5. The van der Waals surface area contributed by atoms with Crippen molar-refractivity contribution in [3.63, 3.8) is 0 Å². The van der Waals surface area contributed by atoms with Gasteiger partial charge < -0.3 is 20.1 Å². The Morgan fingerprint density at radius 3 is 3.04 bits per heavy atom. The number of hydrogen-bond donors (Lipinski definition) is 2. The van der Waals surface area contributed by atoms with Gasteiger partial charge in [-0.05, 0) is 37.0 Å². The van der Waals surface area contributed by atoms with Gasteiger partial charge in [-0.1, -0.05) is 17.7 Å². The Labute approximate surface area is 147 Å². The van der Waals surface area contributed by atoms with E-state index in [2.05, 4.69) is 15.6 Å². The van der Waals surface area contributed by atoms with Gasteiger partial charge in [0.25, 0.3) is 0 Å². The van der Waals surface area contributed by atoms with Gasteiger partial charge in [0.05, 0.1) is 17.7 Å². The van der Waals surface area contributed by atoms with E-state index in [9.17, 15) is 4.39 Å². The molecule has 0 saturated carbocycles. The number of nitrogens with zero attached hydrogens (tertiary/aromatic N) is 1. The Bertz CT molecular complexity index is 537. The molecule has 1 heterocycles. The Balaban J connectivity index is 1.57. The maximum absolute atomic E-state index is 13.1. The number of halogens is 2. The van der Waals surface area contributed by atoms with Gasteiger partial charge in [-0.25, -0.2) is 4.39 Å². The minimum atomic E-state index is -0.411. The molecule has 1 aliphatic rings. The molecule has 24 heavy (non-hydrogen) atoms. The van der Waals surface area contributed by atoms with Crippen molar-refractivity contribution in [3.8, 4) is 0 Å². The second-order valence-corrected chi connectivity index (χ2v) is 6.07. The third-order valence-corrected chi connectivity index (χ3v) is 4.04. The molecule has 0 spiro atoms. The first-order valence-corrected chi connectivity index (χ1v) is 8.64. The quantitative estimate of drug-likeness (QED) is 0.427. The van der Waals surface area contributed by atoms with Gasteiger partial charge in [0.2, 0.25) is 0 Å². The molecule has 1 unspecified atom stereocenters. The van der Waals surface area contributed by atoms with Crippen molar-refractivity contribution in [2.75, 3.05) is 33.4 Å². The van der Waals surface area contributed by atoms with Crippen LogP contribution < -0.4 is 10.6 Å². The number of aliphatic imine (C=N–C) groups is 1. The van der Waals surface area contributed by atoms with Crippen LogP contribution in [0.1, 0.15) is 24.8 Å². The van der Waals surface area contributed by atoms with Gasteiger partial charge >= 0.3 is 0 Å². The van der Waals surface area contributed by atoms with Crippen LogP contribution in [-0.4, -0.2) is 45.5 Å². The number of ether oxygens (including phenoxy) is 2. The second-order valence-electron chi connectivity index (χ2n) is 5.66. The normalized spacial score (nSPS) is 18.0. The third-order valence-electron chi connectivity index (χ3n) is 3.75. The van der Waals surface area contributed by atoms with Crippen LogP contribution in [-0.2, 0) is 16.0 Å². The molecule has 0 aliphatic carbocycles. The highest BCUT2D eigenvalue weighted by molar-refractivity contribution is 6.30. The van der Waals surface area contributed by atoms with Gasteiger partial charge in [0.15, 0.2) is 5.96 Å². The van der Waals surface area contributed by atoms with Crippen molar-refractivity contribution < 1.29 is 13.9 Å². The molecular weight excluding hydrogens is 333 g/mol. The summed E-state index contributed by atoms with van der Waals surface area (Å²) in [6.45, 7) is 3.51. The Hall–Kier alpha value is -1.37. The fourth-order valence-electron chi connectivity index (χ4n) is 2.43. The van der Waals surface area contributed by atoms with E-state index >= 15 is 0 Å². The molecule has 0 amide bonds. The lowest BCUT2D eigenvalue weighted by Crippen LogP contribution is -2.37. The predicted octanol–water partition coefficient (Wildman–Crippen LogP) is 2.73. The molecular formula is C17H25ClFN3O2. The Morgan fingerprint density at radius 1 is 1.46 bits per heavy atom. The van der Waals surface area contributed by atoms with E-state index in [1.165, 1.54) is 6.07 Å². The Morgan fingerprint density at radius 2 is 2.33 bits per heavy atom. The largest absolute Gasteiger partial charge is 0.379 e. The number of guanidine groups is 1. The molecule has 1 aromatic carbocycles. The summed E-state index contributed by atoms with van der Waals surface area (Å²) in [5, 5.41) is 6.51. The average Bonchev–Trinajstić information content (AvgIpc) is 3.10. The van der Waals surface area contributed by atoms with E-state index < -0.39 is 5.82 Å². The molecule has 0 radical (unpaired) electrons. The fraction of sp³-hybridized carbons (Fsp3) is 0.588. The molecule has 1 aromatic rings. The zero-order chi connectivity index (χ0) is 17.2. The molecule has 1 saturated heterocycles. The number of nitrogens with one attached hydrogen (secondary N) is 2. The maximum atomic E-state index is 13.1. The molecule has 5 nitrogen and oxygen atoms in total. The van der Waals surface area contributed by atoms with Crippen LogP contribution in [0.4, 0.5) is 4.39 Å². The van der Waals surface area contributed by atoms with Crippen LogP contribution >= 0.6 is 11.6 Å². The van der Waals surface area contributed by atoms with Gasteiger partial charge in [0, 0.05) is 33.4 Å². The van der Waals surface area contributed by atoms with E-state index in [0.717, 1.165) is 38.0 Å². The van der Waals surface area contributed by atoms with Gasteiger partial charge in [-0.15, -0.1) is 0 Å². The van der Waals surface area contributed by atoms with Crippen LogP contribution in [0, 0.1) is 5.82 Å². The van der Waals surface area contributed by atoms with E-state index in [-0.39, 0.29) is 11.1 Å². The SMILES string of the molecule is CN=C(NCCCOCC1CCCO1)NCc1ccc(F)c(Cl)c1. The first-order chi connectivity index (χ1) is 11.7. The van der Waals surface area contributed by atoms with E-state index in [1.807, 2.05) is 0 Å². The summed E-state index contributed by atoms with van der Waals surface area (Å²) in [6.07, 6.45) is 3.39. The summed E-state index contributed by atoms with van der Waals surface area (Å²) in [4.78, 5) is 4.15. The lowest BCUT2D eigenvalue weighted by molar-refractivity contribution is 0.0168. The third kappa shape index (κ3) is 6.63. The van der Waals surface area contributed by atoms with E-state index in [0.29, 0.717) is 25.7 Å². The van der Waals surface area contributed by atoms with Gasteiger partial charge in [0.1, 0.15) is 5.82 Å². The molecule has 0 aromatic heterocycles. The molecule has 1 aliphatic heterocycles. The first-order valence-electron chi connectivity index (χ1n) is 8.27. The smallest absolute Gasteiger partial charge is 0.191 e. The molecule has 134 valence electrons. The minimum absolute atomic E-state index is 0.126. The summed E-state index contributed by atoms with van der Waals surface area (Å²) >= 11 is 5.77. The standard InChI is InChI=1S/C17H25ClFN3O2/c1-20-17(22-11-13-5-6-16(19)15(18)10-13)21-7-3-8-23-12-14-4-2-9-24-14/h5-6,10,14H,2-4,7-9,11-12H2,1H3,(H2,20,21,22). The molecule has 7 heteroatoms. The topological polar surface area (TPSA) is 54.9 Å². The van der Waals surface area contributed by atoms with Crippen LogP contribution in [0.5, 0.6) is 0 Å².